The minimum atomic E-state index is 0.569. The molecule has 12 heavy (non-hydrogen) atoms. The molecule has 72 valence electrons. The Balaban J connectivity index is 2.53. The Morgan fingerprint density at radius 1 is 1.17 bits per heavy atom. The minimum absolute atomic E-state index is 0.569. The molecular weight excluding hydrogens is 168 g/mol. The van der Waals surface area contributed by atoms with Crippen molar-refractivity contribution < 1.29 is 0 Å². The van der Waals surface area contributed by atoms with E-state index in [1.165, 1.54) is 0 Å². The fraction of sp³-hybridized carbons (Fsp3) is 1.00. The first-order valence-electron chi connectivity index (χ1n) is 4.73. The summed E-state index contributed by atoms with van der Waals surface area (Å²) in [6.07, 6.45) is 0. The molecule has 1 fully saturated rings. The van der Waals surface area contributed by atoms with Gasteiger partial charge in [-0.1, -0.05) is 12.8 Å². The van der Waals surface area contributed by atoms with Crippen LogP contribution in [0.2, 0.25) is 0 Å². The van der Waals surface area contributed by atoms with Crippen LogP contribution in [0.15, 0.2) is 0 Å². The monoisotopic (exact) mass is 188 g/mol. The molecule has 0 spiro atoms. The maximum atomic E-state index is 4.47. The Morgan fingerprint density at radius 3 is 1.92 bits per heavy atom. The van der Waals surface area contributed by atoms with Gasteiger partial charge in [0.25, 0.3) is 0 Å². The predicted molar refractivity (Wildman–Crippen MR) is 56.5 cm³/mol. The highest BCUT2D eigenvalue weighted by Crippen LogP contribution is 2.18. The van der Waals surface area contributed by atoms with Gasteiger partial charge in [-0.2, -0.15) is 0 Å². The highest BCUT2D eigenvalue weighted by Gasteiger charge is 2.28. The normalized spacial score (nSPS) is 34.5. The van der Waals surface area contributed by atoms with E-state index < -0.39 is 0 Å². The van der Waals surface area contributed by atoms with Crippen molar-refractivity contribution in [3.63, 3.8) is 0 Å². The third-order valence-electron chi connectivity index (χ3n) is 2.63. The van der Waals surface area contributed by atoms with Crippen molar-refractivity contribution in [1.29, 1.82) is 0 Å². The van der Waals surface area contributed by atoms with Gasteiger partial charge in [0, 0.05) is 31.2 Å². The van der Waals surface area contributed by atoms with Crippen LogP contribution in [0.1, 0.15) is 27.7 Å². The third-order valence-corrected chi connectivity index (χ3v) is 3.42. The summed E-state index contributed by atoms with van der Waals surface area (Å²) in [6, 6.07) is 1.80. The average molecular weight is 188 g/mol. The van der Waals surface area contributed by atoms with Crippen LogP contribution in [0.5, 0.6) is 0 Å². The van der Waals surface area contributed by atoms with Crippen LogP contribution < -0.4 is 0 Å². The second kappa shape index (κ2) is 3.99. The number of nitrogens with zero attached hydrogens (tertiary/aromatic N) is 2. The van der Waals surface area contributed by atoms with Gasteiger partial charge in [0.1, 0.15) is 0 Å². The topological polar surface area (TPSA) is 6.48 Å². The number of hydrogen-bond acceptors (Lipinski definition) is 3. The maximum absolute atomic E-state index is 4.47. The highest BCUT2D eigenvalue weighted by molar-refractivity contribution is 7.77. The molecule has 1 heterocycles. The van der Waals surface area contributed by atoms with E-state index in [4.69, 9.17) is 0 Å². The first-order chi connectivity index (χ1) is 5.52. The van der Waals surface area contributed by atoms with Gasteiger partial charge >= 0.3 is 0 Å². The van der Waals surface area contributed by atoms with Crippen molar-refractivity contribution in [2.45, 2.75) is 45.8 Å². The molecule has 1 aliphatic rings. The van der Waals surface area contributed by atoms with E-state index in [2.05, 4.69) is 49.7 Å². The lowest BCUT2D eigenvalue weighted by Crippen LogP contribution is -2.54. The molecule has 0 aromatic rings. The van der Waals surface area contributed by atoms with Gasteiger partial charge < -0.3 is 0 Å². The summed E-state index contributed by atoms with van der Waals surface area (Å²) in [6.45, 7) is 11.3. The Morgan fingerprint density at radius 2 is 1.58 bits per heavy atom. The SMILES string of the molecule is CC(C)N1C[C@@H](C)N(S)[C@@H](C)C1. The summed E-state index contributed by atoms with van der Waals surface area (Å²) in [5.41, 5.74) is 0. The Labute approximate surface area is 81.5 Å². The Hall–Kier alpha value is 0.270. The minimum Gasteiger partial charge on any atom is -0.298 e. The van der Waals surface area contributed by atoms with Gasteiger partial charge in [0.05, 0.1) is 0 Å². The molecule has 0 unspecified atom stereocenters. The number of hydrogen-bond donors (Lipinski definition) is 1. The van der Waals surface area contributed by atoms with Crippen LogP contribution in [0.25, 0.3) is 0 Å². The molecule has 0 amide bonds. The first-order valence-corrected chi connectivity index (χ1v) is 5.13. The first kappa shape index (κ1) is 10.4. The van der Waals surface area contributed by atoms with E-state index in [1.807, 2.05) is 0 Å². The molecule has 1 rings (SSSR count). The van der Waals surface area contributed by atoms with Gasteiger partial charge in [-0.25, -0.2) is 4.31 Å². The van der Waals surface area contributed by atoms with E-state index in [-0.39, 0.29) is 0 Å². The molecule has 0 aromatic carbocycles. The maximum Gasteiger partial charge on any atom is 0.0303 e. The van der Waals surface area contributed by atoms with Gasteiger partial charge in [-0.05, 0) is 27.7 Å². The Bertz CT molecular complexity index is 137. The van der Waals surface area contributed by atoms with E-state index >= 15 is 0 Å². The zero-order valence-corrected chi connectivity index (χ0v) is 9.38. The molecule has 0 saturated carbocycles. The van der Waals surface area contributed by atoms with E-state index in [0.29, 0.717) is 18.1 Å². The summed E-state index contributed by atoms with van der Waals surface area (Å²) in [5, 5.41) is 0. The smallest absolute Gasteiger partial charge is 0.0303 e. The van der Waals surface area contributed by atoms with Crippen LogP contribution in [0.3, 0.4) is 0 Å². The molecule has 0 radical (unpaired) electrons. The Kier molecular flexibility index (Phi) is 3.44. The number of rotatable bonds is 1. The van der Waals surface area contributed by atoms with Crippen LogP contribution in [-0.4, -0.2) is 40.4 Å². The number of piperazine rings is 1. The van der Waals surface area contributed by atoms with Crippen LogP contribution >= 0.6 is 12.8 Å². The van der Waals surface area contributed by atoms with Crippen molar-refractivity contribution in [3.05, 3.63) is 0 Å². The zero-order valence-electron chi connectivity index (χ0n) is 8.49. The second-order valence-electron chi connectivity index (χ2n) is 4.13. The predicted octanol–water partition coefficient (Wildman–Crippen LogP) is 1.63. The quantitative estimate of drug-likeness (QED) is 0.625. The van der Waals surface area contributed by atoms with Gasteiger partial charge in [-0.15, -0.1) is 0 Å². The molecule has 3 heteroatoms. The summed E-state index contributed by atoms with van der Waals surface area (Å²) < 4.78 is 2.17. The molecule has 0 aromatic heterocycles. The molecule has 2 nitrogen and oxygen atoms in total. The van der Waals surface area contributed by atoms with Crippen molar-refractivity contribution in [3.8, 4) is 0 Å². The summed E-state index contributed by atoms with van der Waals surface area (Å²) in [4.78, 5) is 2.52. The van der Waals surface area contributed by atoms with Gasteiger partial charge in [-0.3, -0.25) is 4.90 Å². The van der Waals surface area contributed by atoms with Crippen molar-refractivity contribution in [2.75, 3.05) is 13.1 Å². The van der Waals surface area contributed by atoms with E-state index in [9.17, 15) is 0 Å². The molecule has 1 saturated heterocycles. The standard InChI is InChI=1S/C9H20N2S/c1-7(2)10-5-8(3)11(12)9(4)6-10/h7-9,12H,5-6H2,1-4H3/t8-,9+. The molecule has 2 atom stereocenters. The fourth-order valence-electron chi connectivity index (χ4n) is 1.78. The van der Waals surface area contributed by atoms with Crippen molar-refractivity contribution in [2.24, 2.45) is 0 Å². The number of thiol groups is 1. The lowest BCUT2D eigenvalue weighted by Gasteiger charge is -2.43. The van der Waals surface area contributed by atoms with E-state index in [0.717, 1.165) is 13.1 Å². The van der Waals surface area contributed by atoms with Crippen LogP contribution in [0, 0.1) is 0 Å². The summed E-state index contributed by atoms with van der Waals surface area (Å²) in [7, 11) is 0. The second-order valence-corrected chi connectivity index (χ2v) is 4.59. The van der Waals surface area contributed by atoms with Crippen molar-refractivity contribution >= 4 is 12.8 Å². The highest BCUT2D eigenvalue weighted by atomic mass is 32.1. The fourth-order valence-corrected chi connectivity index (χ4v) is 1.92. The summed E-state index contributed by atoms with van der Waals surface area (Å²) in [5.74, 6) is 0. The lowest BCUT2D eigenvalue weighted by molar-refractivity contribution is 0.0874. The van der Waals surface area contributed by atoms with Crippen molar-refractivity contribution in [1.82, 2.24) is 9.21 Å². The third kappa shape index (κ3) is 2.15. The molecule has 0 bridgehead atoms. The zero-order chi connectivity index (χ0) is 9.30. The lowest BCUT2D eigenvalue weighted by atomic mass is 10.1. The van der Waals surface area contributed by atoms with Crippen LogP contribution in [-0.2, 0) is 0 Å². The van der Waals surface area contributed by atoms with Gasteiger partial charge in [0.2, 0.25) is 0 Å². The molecule has 0 aliphatic carbocycles. The summed E-state index contributed by atoms with van der Waals surface area (Å²) >= 11 is 4.47. The van der Waals surface area contributed by atoms with Gasteiger partial charge in [0.15, 0.2) is 0 Å². The molecule has 0 N–H and O–H groups in total. The molecular formula is C9H20N2S. The van der Waals surface area contributed by atoms with E-state index in [1.54, 1.807) is 0 Å². The van der Waals surface area contributed by atoms with Crippen LogP contribution in [0.4, 0.5) is 0 Å². The molecule has 1 aliphatic heterocycles. The average Bonchev–Trinajstić information content (AvgIpc) is 1.99. The largest absolute Gasteiger partial charge is 0.298 e.